The third-order valence-electron chi connectivity index (χ3n) is 3.16. The van der Waals surface area contributed by atoms with Crippen LogP contribution in [0.25, 0.3) is 0 Å². The molecule has 1 unspecified atom stereocenters. The van der Waals surface area contributed by atoms with E-state index in [1.165, 1.54) is 6.07 Å². The fraction of sp³-hybridized carbons (Fsp3) is 0.538. The van der Waals surface area contributed by atoms with Gasteiger partial charge in [0.25, 0.3) is 0 Å². The van der Waals surface area contributed by atoms with Gasteiger partial charge in [-0.1, -0.05) is 0 Å². The Morgan fingerprint density at radius 2 is 2.22 bits per heavy atom. The highest BCUT2D eigenvalue weighted by molar-refractivity contribution is 5.45. The van der Waals surface area contributed by atoms with Gasteiger partial charge in [0, 0.05) is 37.9 Å². The third kappa shape index (κ3) is 3.40. The maximum atomic E-state index is 13.1. The standard InChI is InChI=1S/C13H18F2N2O/c1-17(6-4-10-9-18-7-5-16-10)11-2-3-12(14)13(15)8-11/h2-3,8,10,16H,4-7,9H2,1H3. The number of ether oxygens (including phenoxy) is 1. The lowest BCUT2D eigenvalue weighted by Gasteiger charge is -2.27. The van der Waals surface area contributed by atoms with E-state index in [4.69, 9.17) is 4.74 Å². The molecule has 1 aromatic rings. The molecule has 1 aliphatic rings. The van der Waals surface area contributed by atoms with Crippen LogP contribution in [0.2, 0.25) is 0 Å². The van der Waals surface area contributed by atoms with Crippen LogP contribution in [0.15, 0.2) is 18.2 Å². The first-order chi connectivity index (χ1) is 8.66. The van der Waals surface area contributed by atoms with Crippen LogP contribution in [0.3, 0.4) is 0 Å². The molecule has 0 aromatic heterocycles. The van der Waals surface area contributed by atoms with E-state index in [2.05, 4.69) is 5.32 Å². The summed E-state index contributed by atoms with van der Waals surface area (Å²) in [5.41, 5.74) is 0.686. The van der Waals surface area contributed by atoms with Crippen molar-refractivity contribution in [3.63, 3.8) is 0 Å². The summed E-state index contributed by atoms with van der Waals surface area (Å²) in [4.78, 5) is 1.92. The van der Waals surface area contributed by atoms with Gasteiger partial charge in [-0.2, -0.15) is 0 Å². The van der Waals surface area contributed by atoms with E-state index in [9.17, 15) is 8.78 Å². The number of halogens is 2. The molecule has 3 nitrogen and oxygen atoms in total. The van der Waals surface area contributed by atoms with Crippen LogP contribution in [-0.4, -0.2) is 39.4 Å². The van der Waals surface area contributed by atoms with Crippen LogP contribution >= 0.6 is 0 Å². The van der Waals surface area contributed by atoms with Gasteiger partial charge in [0.05, 0.1) is 13.2 Å². The van der Waals surface area contributed by atoms with Crippen molar-refractivity contribution in [3.05, 3.63) is 29.8 Å². The van der Waals surface area contributed by atoms with Gasteiger partial charge in [-0.25, -0.2) is 8.78 Å². The summed E-state index contributed by atoms with van der Waals surface area (Å²) in [6.07, 6.45) is 0.912. The molecule has 0 amide bonds. The highest BCUT2D eigenvalue weighted by atomic mass is 19.2. The first-order valence-electron chi connectivity index (χ1n) is 6.14. The van der Waals surface area contributed by atoms with Crippen molar-refractivity contribution in [2.45, 2.75) is 12.5 Å². The average Bonchev–Trinajstić information content (AvgIpc) is 2.40. The molecule has 0 spiro atoms. The van der Waals surface area contributed by atoms with Crippen molar-refractivity contribution in [1.82, 2.24) is 5.32 Å². The number of nitrogens with one attached hydrogen (secondary N) is 1. The molecule has 1 aromatic carbocycles. The van der Waals surface area contributed by atoms with E-state index in [1.807, 2.05) is 11.9 Å². The topological polar surface area (TPSA) is 24.5 Å². The van der Waals surface area contributed by atoms with Crippen LogP contribution in [0.4, 0.5) is 14.5 Å². The predicted octanol–water partition coefficient (Wildman–Crippen LogP) is 1.78. The quantitative estimate of drug-likeness (QED) is 0.888. The van der Waals surface area contributed by atoms with Crippen molar-refractivity contribution in [2.75, 3.05) is 38.3 Å². The minimum atomic E-state index is -0.811. The van der Waals surface area contributed by atoms with E-state index < -0.39 is 11.6 Å². The molecule has 0 saturated carbocycles. The van der Waals surface area contributed by atoms with Crippen molar-refractivity contribution in [1.29, 1.82) is 0 Å². The second kappa shape index (κ2) is 6.11. The Hall–Kier alpha value is -1.20. The van der Waals surface area contributed by atoms with Gasteiger partial charge in [-0.15, -0.1) is 0 Å². The van der Waals surface area contributed by atoms with Crippen LogP contribution in [0, 0.1) is 11.6 Å². The summed E-state index contributed by atoms with van der Waals surface area (Å²) in [5, 5.41) is 3.36. The van der Waals surface area contributed by atoms with E-state index in [0.717, 1.165) is 32.2 Å². The maximum absolute atomic E-state index is 13.1. The molecule has 1 heterocycles. The first-order valence-corrected chi connectivity index (χ1v) is 6.14. The van der Waals surface area contributed by atoms with E-state index in [0.29, 0.717) is 18.3 Å². The Bertz CT molecular complexity index is 395. The van der Waals surface area contributed by atoms with Crippen LogP contribution in [0.5, 0.6) is 0 Å². The normalized spacial score (nSPS) is 19.8. The minimum absolute atomic E-state index is 0.339. The number of morpholine rings is 1. The molecule has 0 bridgehead atoms. The number of anilines is 1. The number of benzene rings is 1. The van der Waals surface area contributed by atoms with Gasteiger partial charge < -0.3 is 15.0 Å². The van der Waals surface area contributed by atoms with Gasteiger partial charge in [0.1, 0.15) is 0 Å². The Kier molecular flexibility index (Phi) is 4.49. The number of hydrogen-bond acceptors (Lipinski definition) is 3. The fourth-order valence-electron chi connectivity index (χ4n) is 2.01. The lowest BCUT2D eigenvalue weighted by Crippen LogP contribution is -2.42. The van der Waals surface area contributed by atoms with Crippen LogP contribution in [-0.2, 0) is 4.74 Å². The molecule has 1 saturated heterocycles. The Morgan fingerprint density at radius 3 is 2.89 bits per heavy atom. The summed E-state index contributed by atoms with van der Waals surface area (Å²) in [5.74, 6) is -1.62. The first kappa shape index (κ1) is 13.2. The van der Waals surface area contributed by atoms with E-state index in [1.54, 1.807) is 6.07 Å². The second-order valence-corrected chi connectivity index (χ2v) is 4.53. The molecule has 5 heteroatoms. The Labute approximate surface area is 106 Å². The van der Waals surface area contributed by atoms with Crippen molar-refractivity contribution in [3.8, 4) is 0 Å². The zero-order valence-electron chi connectivity index (χ0n) is 10.5. The molecule has 0 aliphatic carbocycles. The molecule has 1 fully saturated rings. The molecular weight excluding hydrogens is 238 g/mol. The zero-order valence-corrected chi connectivity index (χ0v) is 10.5. The Balaban J connectivity index is 1.86. The summed E-state index contributed by atoms with van der Waals surface area (Å²) in [7, 11) is 1.87. The average molecular weight is 256 g/mol. The fourth-order valence-corrected chi connectivity index (χ4v) is 2.01. The van der Waals surface area contributed by atoms with Crippen LogP contribution < -0.4 is 10.2 Å². The van der Waals surface area contributed by atoms with E-state index >= 15 is 0 Å². The summed E-state index contributed by atoms with van der Waals surface area (Å²) < 4.78 is 31.3. The maximum Gasteiger partial charge on any atom is 0.160 e. The molecule has 1 atom stereocenters. The molecule has 0 radical (unpaired) electrons. The second-order valence-electron chi connectivity index (χ2n) is 4.53. The predicted molar refractivity (Wildman–Crippen MR) is 66.9 cm³/mol. The summed E-state index contributed by atoms with van der Waals surface area (Å²) >= 11 is 0. The van der Waals surface area contributed by atoms with Crippen molar-refractivity contribution >= 4 is 5.69 Å². The lowest BCUT2D eigenvalue weighted by molar-refractivity contribution is 0.0749. The monoisotopic (exact) mass is 256 g/mol. The molecule has 18 heavy (non-hydrogen) atoms. The number of nitrogens with zero attached hydrogens (tertiary/aromatic N) is 1. The molecule has 100 valence electrons. The van der Waals surface area contributed by atoms with Gasteiger partial charge in [-0.05, 0) is 18.6 Å². The minimum Gasteiger partial charge on any atom is -0.379 e. The Morgan fingerprint density at radius 1 is 1.39 bits per heavy atom. The van der Waals surface area contributed by atoms with Crippen molar-refractivity contribution < 1.29 is 13.5 Å². The molecular formula is C13H18F2N2O. The van der Waals surface area contributed by atoms with Crippen LogP contribution in [0.1, 0.15) is 6.42 Å². The number of rotatable bonds is 4. The SMILES string of the molecule is CN(CCC1COCCN1)c1ccc(F)c(F)c1. The van der Waals surface area contributed by atoms with E-state index in [-0.39, 0.29) is 0 Å². The zero-order chi connectivity index (χ0) is 13.0. The highest BCUT2D eigenvalue weighted by Crippen LogP contribution is 2.17. The number of hydrogen-bond donors (Lipinski definition) is 1. The molecule has 2 rings (SSSR count). The summed E-state index contributed by atoms with van der Waals surface area (Å²) in [6.45, 7) is 3.12. The molecule has 1 N–H and O–H groups in total. The smallest absolute Gasteiger partial charge is 0.160 e. The largest absolute Gasteiger partial charge is 0.379 e. The van der Waals surface area contributed by atoms with Gasteiger partial charge in [0.15, 0.2) is 11.6 Å². The van der Waals surface area contributed by atoms with Gasteiger partial charge >= 0.3 is 0 Å². The summed E-state index contributed by atoms with van der Waals surface area (Å²) in [6, 6.07) is 4.30. The lowest BCUT2D eigenvalue weighted by atomic mass is 10.2. The van der Waals surface area contributed by atoms with Gasteiger partial charge in [0.2, 0.25) is 0 Å². The molecule has 1 aliphatic heterocycles. The third-order valence-corrected chi connectivity index (χ3v) is 3.16. The van der Waals surface area contributed by atoms with Gasteiger partial charge in [-0.3, -0.25) is 0 Å². The van der Waals surface area contributed by atoms with Crippen molar-refractivity contribution in [2.24, 2.45) is 0 Å². The highest BCUT2D eigenvalue weighted by Gasteiger charge is 2.14.